The Morgan fingerprint density at radius 3 is 1.93 bits per heavy atom. The van der Waals surface area contributed by atoms with Gasteiger partial charge in [0.2, 0.25) is 0 Å². The molecule has 2 aromatic carbocycles. The lowest BCUT2D eigenvalue weighted by atomic mass is 9.70. The fraction of sp³-hybridized carbons (Fsp3) is 0.538. The Morgan fingerprint density at radius 1 is 0.786 bits per heavy atom. The van der Waals surface area contributed by atoms with Crippen molar-refractivity contribution in [3.63, 3.8) is 0 Å². The van der Waals surface area contributed by atoms with Gasteiger partial charge < -0.3 is 5.32 Å². The highest BCUT2D eigenvalue weighted by molar-refractivity contribution is 5.36. The normalized spacial score (nSPS) is 30.2. The monoisotopic (exact) mass is 374 g/mol. The fourth-order valence-corrected chi connectivity index (χ4v) is 6.21. The summed E-state index contributed by atoms with van der Waals surface area (Å²) in [5, 5.41) is 4.12. The Hall–Kier alpha value is -1.64. The number of hydrogen-bond acceptors (Lipinski definition) is 2. The zero-order valence-electron chi connectivity index (χ0n) is 17.0. The summed E-state index contributed by atoms with van der Waals surface area (Å²) in [5.74, 6) is 2.20. The van der Waals surface area contributed by atoms with Crippen molar-refractivity contribution in [2.75, 3.05) is 19.6 Å². The molecule has 6 rings (SSSR count). The average molecular weight is 375 g/mol. The fourth-order valence-electron chi connectivity index (χ4n) is 6.21. The van der Waals surface area contributed by atoms with E-state index in [9.17, 15) is 0 Å². The standard InChI is InChI=1S/C26H34N2/c1-3-11-21(12-4-1)24(22-13-5-2-6-14-22)26-25(23-15-17-28(26)18-16-23)27-19-20-9-7-8-10-20/h1-6,11-14,20,23-27H,7-10,15-19H2. The van der Waals surface area contributed by atoms with Crippen LogP contribution in [0.4, 0.5) is 0 Å². The molecule has 4 fully saturated rings. The first kappa shape index (κ1) is 18.4. The Morgan fingerprint density at radius 2 is 1.36 bits per heavy atom. The van der Waals surface area contributed by atoms with Crippen LogP contribution in [0.2, 0.25) is 0 Å². The first-order chi connectivity index (χ1) is 13.9. The quantitative estimate of drug-likeness (QED) is 0.760. The van der Waals surface area contributed by atoms with E-state index < -0.39 is 0 Å². The molecule has 2 nitrogen and oxygen atoms in total. The third kappa shape index (κ3) is 3.65. The molecule has 28 heavy (non-hydrogen) atoms. The lowest BCUT2D eigenvalue weighted by Crippen LogP contribution is -2.64. The van der Waals surface area contributed by atoms with Crippen LogP contribution in [0.15, 0.2) is 60.7 Å². The van der Waals surface area contributed by atoms with Crippen molar-refractivity contribution in [3.05, 3.63) is 71.8 Å². The van der Waals surface area contributed by atoms with Crippen LogP contribution in [0.1, 0.15) is 55.6 Å². The van der Waals surface area contributed by atoms with E-state index in [1.165, 1.54) is 69.3 Å². The molecule has 1 saturated carbocycles. The van der Waals surface area contributed by atoms with Gasteiger partial charge in [-0.3, -0.25) is 4.90 Å². The summed E-state index contributed by atoms with van der Waals surface area (Å²) in [6.07, 6.45) is 8.47. The second-order valence-corrected chi connectivity index (χ2v) is 9.25. The van der Waals surface area contributed by atoms with Gasteiger partial charge in [-0.1, -0.05) is 73.5 Å². The second kappa shape index (κ2) is 8.39. The van der Waals surface area contributed by atoms with Crippen molar-refractivity contribution in [3.8, 4) is 0 Å². The van der Waals surface area contributed by atoms with E-state index in [2.05, 4.69) is 70.9 Å². The number of piperidine rings is 3. The molecule has 3 heterocycles. The Balaban J connectivity index is 1.47. The molecule has 0 spiro atoms. The molecule has 2 atom stereocenters. The minimum atomic E-state index is 0.451. The van der Waals surface area contributed by atoms with Crippen LogP contribution in [0.3, 0.4) is 0 Å². The first-order valence-corrected chi connectivity index (χ1v) is 11.5. The van der Waals surface area contributed by atoms with Crippen LogP contribution >= 0.6 is 0 Å². The third-order valence-corrected chi connectivity index (χ3v) is 7.65. The molecule has 2 bridgehead atoms. The third-order valence-electron chi connectivity index (χ3n) is 7.65. The second-order valence-electron chi connectivity index (χ2n) is 9.25. The van der Waals surface area contributed by atoms with Crippen molar-refractivity contribution >= 4 is 0 Å². The number of nitrogens with zero attached hydrogens (tertiary/aromatic N) is 1. The molecule has 0 amide bonds. The van der Waals surface area contributed by atoms with Crippen molar-refractivity contribution < 1.29 is 0 Å². The van der Waals surface area contributed by atoms with Crippen molar-refractivity contribution in [2.24, 2.45) is 11.8 Å². The smallest absolute Gasteiger partial charge is 0.0361 e. The SMILES string of the molecule is c1ccc(C(c2ccccc2)C2C(NCC3CCCC3)C3CCN2CC3)cc1. The van der Waals surface area contributed by atoms with Gasteiger partial charge in [-0.05, 0) is 68.3 Å². The minimum absolute atomic E-state index is 0.451. The minimum Gasteiger partial charge on any atom is -0.312 e. The summed E-state index contributed by atoms with van der Waals surface area (Å²) >= 11 is 0. The molecule has 1 N–H and O–H groups in total. The predicted octanol–water partition coefficient (Wildman–Crippen LogP) is 5.06. The van der Waals surface area contributed by atoms with Crippen LogP contribution in [-0.2, 0) is 0 Å². The topological polar surface area (TPSA) is 15.3 Å². The van der Waals surface area contributed by atoms with E-state index >= 15 is 0 Å². The first-order valence-electron chi connectivity index (χ1n) is 11.5. The molecule has 3 saturated heterocycles. The van der Waals surface area contributed by atoms with Gasteiger partial charge in [0.05, 0.1) is 0 Å². The largest absolute Gasteiger partial charge is 0.312 e. The Bertz CT molecular complexity index is 690. The lowest BCUT2D eigenvalue weighted by Gasteiger charge is -2.54. The van der Waals surface area contributed by atoms with E-state index in [1.807, 2.05) is 0 Å². The molecule has 148 valence electrons. The van der Waals surface area contributed by atoms with E-state index in [1.54, 1.807) is 0 Å². The summed E-state index contributed by atoms with van der Waals surface area (Å²) in [6, 6.07) is 23.7. The summed E-state index contributed by atoms with van der Waals surface area (Å²) in [7, 11) is 0. The van der Waals surface area contributed by atoms with Gasteiger partial charge in [0.25, 0.3) is 0 Å². The maximum Gasteiger partial charge on any atom is 0.0361 e. The molecule has 2 unspecified atom stereocenters. The Kier molecular flexibility index (Phi) is 5.51. The zero-order valence-corrected chi connectivity index (χ0v) is 17.0. The van der Waals surface area contributed by atoms with Gasteiger partial charge >= 0.3 is 0 Å². The van der Waals surface area contributed by atoms with Crippen LogP contribution in [0, 0.1) is 11.8 Å². The zero-order chi connectivity index (χ0) is 18.8. The summed E-state index contributed by atoms with van der Waals surface area (Å²) in [4.78, 5) is 2.80. The van der Waals surface area contributed by atoms with Gasteiger partial charge in [0.15, 0.2) is 0 Å². The van der Waals surface area contributed by atoms with E-state index in [0.717, 1.165) is 11.8 Å². The van der Waals surface area contributed by atoms with Gasteiger partial charge in [0.1, 0.15) is 0 Å². The Labute approximate surface area is 170 Å². The molecular formula is C26H34N2. The maximum atomic E-state index is 4.12. The highest BCUT2D eigenvalue weighted by atomic mass is 15.2. The number of fused-ring (bicyclic) bond motifs is 3. The maximum absolute atomic E-state index is 4.12. The number of rotatable bonds is 6. The van der Waals surface area contributed by atoms with E-state index in [0.29, 0.717) is 18.0 Å². The van der Waals surface area contributed by atoms with Gasteiger partial charge in [0, 0.05) is 18.0 Å². The molecule has 0 radical (unpaired) electrons. The van der Waals surface area contributed by atoms with Gasteiger partial charge in [-0.2, -0.15) is 0 Å². The van der Waals surface area contributed by atoms with Crippen LogP contribution in [0.5, 0.6) is 0 Å². The van der Waals surface area contributed by atoms with E-state index in [4.69, 9.17) is 0 Å². The highest BCUT2D eigenvalue weighted by Gasteiger charge is 2.46. The average Bonchev–Trinajstić information content (AvgIpc) is 3.29. The highest BCUT2D eigenvalue weighted by Crippen LogP contribution is 2.42. The molecule has 0 aromatic heterocycles. The van der Waals surface area contributed by atoms with Crippen molar-refractivity contribution in [1.29, 1.82) is 0 Å². The molecule has 4 aliphatic rings. The molecule has 2 heteroatoms. The van der Waals surface area contributed by atoms with Crippen LogP contribution < -0.4 is 5.32 Å². The summed E-state index contributed by atoms with van der Waals surface area (Å²) in [5.41, 5.74) is 2.94. The number of hydrogen-bond donors (Lipinski definition) is 1. The molecular weight excluding hydrogens is 340 g/mol. The molecule has 2 aromatic rings. The number of benzene rings is 2. The predicted molar refractivity (Wildman–Crippen MR) is 117 cm³/mol. The van der Waals surface area contributed by atoms with Crippen LogP contribution in [-0.4, -0.2) is 36.6 Å². The van der Waals surface area contributed by atoms with E-state index in [-0.39, 0.29) is 0 Å². The summed E-state index contributed by atoms with van der Waals surface area (Å²) in [6.45, 7) is 3.77. The van der Waals surface area contributed by atoms with Gasteiger partial charge in [-0.25, -0.2) is 0 Å². The molecule has 1 aliphatic carbocycles. The lowest BCUT2D eigenvalue weighted by molar-refractivity contribution is 0.00411. The summed E-state index contributed by atoms with van der Waals surface area (Å²) < 4.78 is 0. The molecule has 3 aliphatic heterocycles. The van der Waals surface area contributed by atoms with Gasteiger partial charge in [-0.15, -0.1) is 0 Å². The van der Waals surface area contributed by atoms with Crippen LogP contribution in [0.25, 0.3) is 0 Å². The number of nitrogens with one attached hydrogen (secondary N) is 1. The van der Waals surface area contributed by atoms with Crippen molar-refractivity contribution in [1.82, 2.24) is 10.2 Å². The van der Waals surface area contributed by atoms with Crippen molar-refractivity contribution in [2.45, 2.75) is 56.5 Å².